The minimum Gasteiger partial charge on any atom is -0.463 e. The van der Waals surface area contributed by atoms with Crippen molar-refractivity contribution in [1.82, 2.24) is 15.0 Å². The Morgan fingerprint density at radius 1 is 1.20 bits per heavy atom. The third-order valence-corrected chi connectivity index (χ3v) is 3.05. The first-order valence-electron chi connectivity index (χ1n) is 7.27. The maximum absolute atomic E-state index is 5.52. The van der Waals surface area contributed by atoms with Gasteiger partial charge in [-0.3, -0.25) is 0 Å². The summed E-state index contributed by atoms with van der Waals surface area (Å²) in [5.41, 5.74) is 0. The molecule has 1 rings (SSSR count). The van der Waals surface area contributed by atoms with Gasteiger partial charge in [0, 0.05) is 20.1 Å². The van der Waals surface area contributed by atoms with Gasteiger partial charge in [-0.05, 0) is 25.7 Å². The summed E-state index contributed by atoms with van der Waals surface area (Å²) in [6.45, 7) is 9.27. The van der Waals surface area contributed by atoms with Gasteiger partial charge in [0.1, 0.15) is 0 Å². The Balaban J connectivity index is 2.91. The molecule has 0 amide bonds. The van der Waals surface area contributed by atoms with Crippen molar-refractivity contribution in [3.05, 3.63) is 0 Å². The zero-order chi connectivity index (χ0) is 15.1. The van der Waals surface area contributed by atoms with Crippen molar-refractivity contribution in [1.29, 1.82) is 0 Å². The lowest BCUT2D eigenvalue weighted by Crippen LogP contribution is -2.32. The highest BCUT2D eigenvalue weighted by atomic mass is 16.5. The average molecular weight is 281 g/mol. The number of hydrogen-bond acceptors (Lipinski definition) is 6. The number of ether oxygens (including phenoxy) is 1. The van der Waals surface area contributed by atoms with Crippen LogP contribution in [0, 0.1) is 5.92 Å². The van der Waals surface area contributed by atoms with Crippen LogP contribution in [-0.4, -0.2) is 41.7 Å². The molecule has 0 aromatic carbocycles. The lowest BCUT2D eigenvalue weighted by atomic mass is 10.0. The van der Waals surface area contributed by atoms with E-state index < -0.39 is 0 Å². The molecule has 114 valence electrons. The van der Waals surface area contributed by atoms with Gasteiger partial charge in [0.25, 0.3) is 0 Å². The van der Waals surface area contributed by atoms with Gasteiger partial charge in [0.15, 0.2) is 0 Å². The van der Waals surface area contributed by atoms with Crippen molar-refractivity contribution >= 4 is 11.9 Å². The summed E-state index contributed by atoms with van der Waals surface area (Å²) in [5.74, 6) is 1.81. The second-order valence-corrected chi connectivity index (χ2v) is 5.43. The van der Waals surface area contributed by atoms with Gasteiger partial charge < -0.3 is 15.0 Å². The molecule has 0 radical (unpaired) electrons. The van der Waals surface area contributed by atoms with Crippen molar-refractivity contribution < 1.29 is 4.74 Å². The second-order valence-electron chi connectivity index (χ2n) is 5.43. The molecule has 0 aliphatic heterocycles. The van der Waals surface area contributed by atoms with Crippen LogP contribution in [0.5, 0.6) is 6.01 Å². The van der Waals surface area contributed by atoms with Crippen LogP contribution in [0.4, 0.5) is 11.9 Å². The minimum absolute atomic E-state index is 0.362. The highest BCUT2D eigenvalue weighted by Crippen LogP contribution is 2.18. The third kappa shape index (κ3) is 4.83. The molecule has 1 N–H and O–H groups in total. The molecule has 0 spiro atoms. The summed E-state index contributed by atoms with van der Waals surface area (Å²) in [6, 6.07) is 0.742. The number of aromatic nitrogens is 3. The summed E-state index contributed by atoms with van der Waals surface area (Å²) in [4.78, 5) is 15.1. The first kappa shape index (κ1) is 16.5. The third-order valence-electron chi connectivity index (χ3n) is 3.05. The molecule has 1 heterocycles. The molecular formula is C14H27N5O. The molecule has 1 atom stereocenters. The standard InChI is InChI=1S/C14H27N5O/c1-7-8-20-14-17-12(15-5)16-13(18-14)19(6)11(4)9-10(2)3/h10-11H,7-9H2,1-6H3,(H,15,16,17,18). The van der Waals surface area contributed by atoms with Crippen molar-refractivity contribution in [3.8, 4) is 6.01 Å². The number of anilines is 2. The van der Waals surface area contributed by atoms with Gasteiger partial charge in [-0.1, -0.05) is 20.8 Å². The number of nitrogens with zero attached hydrogens (tertiary/aromatic N) is 4. The monoisotopic (exact) mass is 281 g/mol. The molecule has 6 heteroatoms. The van der Waals surface area contributed by atoms with Gasteiger partial charge in [0.05, 0.1) is 6.61 Å². The van der Waals surface area contributed by atoms with E-state index in [1.165, 1.54) is 0 Å². The Kier molecular flexibility index (Phi) is 6.48. The zero-order valence-corrected chi connectivity index (χ0v) is 13.5. The van der Waals surface area contributed by atoms with E-state index in [9.17, 15) is 0 Å². The Hall–Kier alpha value is -1.59. The summed E-state index contributed by atoms with van der Waals surface area (Å²) in [6.07, 6.45) is 2.01. The molecule has 0 aliphatic rings. The molecule has 6 nitrogen and oxygen atoms in total. The van der Waals surface area contributed by atoms with Crippen molar-refractivity contribution in [2.75, 3.05) is 30.9 Å². The maximum Gasteiger partial charge on any atom is 0.323 e. The minimum atomic E-state index is 0.362. The van der Waals surface area contributed by atoms with Crippen LogP contribution in [0.15, 0.2) is 0 Å². The van der Waals surface area contributed by atoms with Crippen LogP contribution in [0.2, 0.25) is 0 Å². The predicted molar refractivity (Wildman–Crippen MR) is 82.5 cm³/mol. The average Bonchev–Trinajstić information content (AvgIpc) is 2.43. The van der Waals surface area contributed by atoms with E-state index in [4.69, 9.17) is 4.74 Å². The Bertz CT molecular complexity index is 411. The molecule has 0 fully saturated rings. The summed E-state index contributed by atoms with van der Waals surface area (Å²) in [5, 5.41) is 2.95. The van der Waals surface area contributed by atoms with E-state index in [1.54, 1.807) is 7.05 Å². The molecular weight excluding hydrogens is 254 g/mol. The van der Waals surface area contributed by atoms with E-state index >= 15 is 0 Å². The molecule has 0 saturated carbocycles. The second kappa shape index (κ2) is 7.87. The maximum atomic E-state index is 5.52. The van der Waals surface area contributed by atoms with Crippen molar-refractivity contribution in [2.45, 2.75) is 46.6 Å². The van der Waals surface area contributed by atoms with Crippen LogP contribution in [0.25, 0.3) is 0 Å². The van der Waals surface area contributed by atoms with Crippen LogP contribution >= 0.6 is 0 Å². The van der Waals surface area contributed by atoms with Gasteiger partial charge in [-0.2, -0.15) is 15.0 Å². The molecule has 0 aliphatic carbocycles. The Morgan fingerprint density at radius 3 is 2.45 bits per heavy atom. The molecule has 1 aromatic heterocycles. The van der Waals surface area contributed by atoms with Gasteiger partial charge in [-0.15, -0.1) is 0 Å². The van der Waals surface area contributed by atoms with Crippen LogP contribution in [-0.2, 0) is 0 Å². The largest absolute Gasteiger partial charge is 0.463 e. The van der Waals surface area contributed by atoms with Crippen LogP contribution in [0.1, 0.15) is 40.5 Å². The van der Waals surface area contributed by atoms with E-state index in [2.05, 4.69) is 52.9 Å². The first-order chi connectivity index (χ1) is 9.47. The summed E-state index contributed by atoms with van der Waals surface area (Å²) in [7, 11) is 3.80. The lowest BCUT2D eigenvalue weighted by Gasteiger charge is -2.26. The normalized spacial score (nSPS) is 12.3. The quantitative estimate of drug-likeness (QED) is 0.790. The van der Waals surface area contributed by atoms with Gasteiger partial charge >= 0.3 is 6.01 Å². The van der Waals surface area contributed by atoms with E-state index in [1.807, 2.05) is 7.05 Å². The number of nitrogens with one attached hydrogen (secondary N) is 1. The number of rotatable bonds is 8. The van der Waals surface area contributed by atoms with E-state index in [-0.39, 0.29) is 0 Å². The fourth-order valence-corrected chi connectivity index (χ4v) is 1.91. The zero-order valence-electron chi connectivity index (χ0n) is 13.5. The van der Waals surface area contributed by atoms with Gasteiger partial charge in [-0.25, -0.2) is 0 Å². The molecule has 1 unspecified atom stereocenters. The smallest absolute Gasteiger partial charge is 0.323 e. The fourth-order valence-electron chi connectivity index (χ4n) is 1.91. The molecule has 20 heavy (non-hydrogen) atoms. The summed E-state index contributed by atoms with van der Waals surface area (Å²) >= 11 is 0. The van der Waals surface area contributed by atoms with Gasteiger partial charge in [0.2, 0.25) is 11.9 Å². The molecule has 0 saturated heterocycles. The number of hydrogen-bond donors (Lipinski definition) is 1. The Morgan fingerprint density at radius 2 is 1.90 bits per heavy atom. The van der Waals surface area contributed by atoms with Crippen LogP contribution < -0.4 is 15.0 Å². The fraction of sp³-hybridized carbons (Fsp3) is 0.786. The first-order valence-corrected chi connectivity index (χ1v) is 7.27. The predicted octanol–water partition coefficient (Wildman–Crippen LogP) is 2.57. The highest BCUT2D eigenvalue weighted by Gasteiger charge is 2.16. The van der Waals surface area contributed by atoms with E-state index in [0.29, 0.717) is 36.5 Å². The molecule has 1 aromatic rings. The SMILES string of the molecule is CCCOc1nc(NC)nc(N(C)C(C)CC(C)C)n1. The van der Waals surface area contributed by atoms with E-state index in [0.717, 1.165) is 12.8 Å². The topological polar surface area (TPSA) is 63.2 Å². The van der Waals surface area contributed by atoms with Crippen molar-refractivity contribution in [3.63, 3.8) is 0 Å². The molecule has 0 bridgehead atoms. The van der Waals surface area contributed by atoms with Crippen molar-refractivity contribution in [2.24, 2.45) is 5.92 Å². The summed E-state index contributed by atoms with van der Waals surface area (Å²) < 4.78 is 5.52. The Labute approximate surface area is 122 Å². The van der Waals surface area contributed by atoms with Crippen LogP contribution in [0.3, 0.4) is 0 Å². The lowest BCUT2D eigenvalue weighted by molar-refractivity contribution is 0.291. The highest BCUT2D eigenvalue weighted by molar-refractivity contribution is 5.38.